The van der Waals surface area contributed by atoms with Crippen LogP contribution in [0.2, 0.25) is 0 Å². The molecular weight excluding hydrogens is 390 g/mol. The van der Waals surface area contributed by atoms with Crippen LogP contribution in [0.25, 0.3) is 5.57 Å². The summed E-state index contributed by atoms with van der Waals surface area (Å²) in [6, 6.07) is 10.7. The van der Waals surface area contributed by atoms with Crippen LogP contribution in [0, 0.1) is 13.8 Å². The SMILES string of the molecule is COc1cc(OC)cc(N2C(=O)C(SCCO)=C(c3ccc(C)cc3C)C2=O)c1. The average Bonchev–Trinajstić information content (AvgIpc) is 2.95. The van der Waals surface area contributed by atoms with Gasteiger partial charge in [0.15, 0.2) is 0 Å². The second-order valence-electron chi connectivity index (χ2n) is 6.61. The number of aryl methyl sites for hydroxylation is 2. The van der Waals surface area contributed by atoms with Gasteiger partial charge < -0.3 is 14.6 Å². The molecule has 0 fully saturated rings. The van der Waals surface area contributed by atoms with Gasteiger partial charge >= 0.3 is 0 Å². The predicted octanol–water partition coefficient (Wildman–Crippen LogP) is 3.33. The maximum Gasteiger partial charge on any atom is 0.272 e. The summed E-state index contributed by atoms with van der Waals surface area (Å²) < 4.78 is 10.6. The molecule has 2 aromatic rings. The van der Waals surface area contributed by atoms with Gasteiger partial charge in [-0.05, 0) is 25.0 Å². The van der Waals surface area contributed by atoms with E-state index < -0.39 is 11.8 Å². The van der Waals surface area contributed by atoms with Crippen LogP contribution < -0.4 is 14.4 Å². The lowest BCUT2D eigenvalue weighted by Gasteiger charge is -2.17. The van der Waals surface area contributed by atoms with Crippen molar-refractivity contribution in [1.82, 2.24) is 0 Å². The zero-order chi connectivity index (χ0) is 21.1. The van der Waals surface area contributed by atoms with Crippen molar-refractivity contribution in [3.05, 3.63) is 58.0 Å². The van der Waals surface area contributed by atoms with E-state index in [2.05, 4.69) is 0 Å². The summed E-state index contributed by atoms with van der Waals surface area (Å²) in [7, 11) is 3.02. The van der Waals surface area contributed by atoms with E-state index in [0.717, 1.165) is 16.0 Å². The number of thioether (sulfide) groups is 1. The number of imide groups is 1. The first kappa shape index (κ1) is 21.0. The lowest BCUT2D eigenvalue weighted by molar-refractivity contribution is -0.119. The number of aliphatic hydroxyl groups is 1. The molecule has 0 saturated carbocycles. The molecule has 0 aliphatic carbocycles. The Morgan fingerprint density at radius 3 is 2.17 bits per heavy atom. The summed E-state index contributed by atoms with van der Waals surface area (Å²) in [6.45, 7) is 3.80. The van der Waals surface area contributed by atoms with E-state index in [4.69, 9.17) is 9.47 Å². The van der Waals surface area contributed by atoms with Crippen LogP contribution in [-0.4, -0.2) is 43.5 Å². The first-order valence-electron chi connectivity index (χ1n) is 9.08. The van der Waals surface area contributed by atoms with Gasteiger partial charge in [0, 0.05) is 24.0 Å². The highest BCUT2D eigenvalue weighted by Gasteiger charge is 2.40. The second-order valence-corrected chi connectivity index (χ2v) is 7.72. The molecule has 1 aliphatic rings. The molecule has 0 radical (unpaired) electrons. The molecule has 1 heterocycles. The molecule has 6 nitrogen and oxygen atoms in total. The number of anilines is 1. The summed E-state index contributed by atoms with van der Waals surface area (Å²) >= 11 is 1.19. The van der Waals surface area contributed by atoms with E-state index in [1.807, 2.05) is 32.0 Å². The van der Waals surface area contributed by atoms with Gasteiger partial charge in [0.25, 0.3) is 11.8 Å². The van der Waals surface area contributed by atoms with Gasteiger partial charge in [0.1, 0.15) is 11.5 Å². The molecule has 0 aromatic heterocycles. The molecule has 0 unspecified atom stereocenters. The predicted molar refractivity (Wildman–Crippen MR) is 114 cm³/mol. The first-order chi connectivity index (χ1) is 13.9. The minimum absolute atomic E-state index is 0.0945. The van der Waals surface area contributed by atoms with Crippen LogP contribution in [0.5, 0.6) is 11.5 Å². The third-order valence-corrected chi connectivity index (χ3v) is 5.68. The van der Waals surface area contributed by atoms with Gasteiger partial charge in [-0.3, -0.25) is 9.59 Å². The number of carbonyl (C=O) groups is 2. The van der Waals surface area contributed by atoms with Crippen LogP contribution in [-0.2, 0) is 9.59 Å². The van der Waals surface area contributed by atoms with Crippen molar-refractivity contribution in [2.45, 2.75) is 13.8 Å². The molecule has 2 aromatic carbocycles. The summed E-state index contributed by atoms with van der Waals surface area (Å²) in [4.78, 5) is 28.1. The highest BCUT2D eigenvalue weighted by Crippen LogP contribution is 2.41. The Morgan fingerprint density at radius 1 is 0.966 bits per heavy atom. The normalized spacial score (nSPS) is 14.0. The summed E-state index contributed by atoms with van der Waals surface area (Å²) in [5.41, 5.74) is 3.42. The highest BCUT2D eigenvalue weighted by atomic mass is 32.2. The second kappa shape index (κ2) is 8.71. The number of rotatable bonds is 7. The Kier molecular flexibility index (Phi) is 6.30. The lowest BCUT2D eigenvalue weighted by atomic mass is 9.99. The minimum atomic E-state index is -0.418. The van der Waals surface area contributed by atoms with E-state index in [9.17, 15) is 14.7 Å². The number of carbonyl (C=O) groups excluding carboxylic acids is 2. The summed E-state index contributed by atoms with van der Waals surface area (Å²) in [5.74, 6) is 0.447. The van der Waals surface area contributed by atoms with Gasteiger partial charge in [-0.1, -0.05) is 23.8 Å². The van der Waals surface area contributed by atoms with Gasteiger partial charge in [-0.25, -0.2) is 4.90 Å². The number of nitrogens with zero attached hydrogens (tertiary/aromatic N) is 1. The zero-order valence-corrected chi connectivity index (χ0v) is 17.6. The van der Waals surface area contributed by atoms with Crippen LogP contribution >= 0.6 is 11.8 Å². The maximum absolute atomic E-state index is 13.4. The fourth-order valence-corrected chi connectivity index (χ4v) is 4.13. The number of ether oxygens (including phenoxy) is 2. The Morgan fingerprint density at radius 2 is 1.62 bits per heavy atom. The maximum atomic E-state index is 13.4. The Hall–Kier alpha value is -2.77. The van der Waals surface area contributed by atoms with Gasteiger partial charge in [0.2, 0.25) is 0 Å². The van der Waals surface area contributed by atoms with Crippen molar-refractivity contribution in [1.29, 1.82) is 0 Å². The van der Waals surface area contributed by atoms with Crippen molar-refractivity contribution < 1.29 is 24.2 Å². The fourth-order valence-electron chi connectivity index (χ4n) is 3.28. The molecule has 1 aliphatic heterocycles. The number of benzene rings is 2. The van der Waals surface area contributed by atoms with E-state index >= 15 is 0 Å². The van der Waals surface area contributed by atoms with Gasteiger partial charge in [-0.15, -0.1) is 11.8 Å². The minimum Gasteiger partial charge on any atom is -0.497 e. The topological polar surface area (TPSA) is 76.1 Å². The Bertz CT molecular complexity index is 976. The van der Waals surface area contributed by atoms with Gasteiger partial charge in [-0.2, -0.15) is 0 Å². The smallest absolute Gasteiger partial charge is 0.272 e. The van der Waals surface area contributed by atoms with Crippen molar-refractivity contribution >= 4 is 34.8 Å². The molecule has 0 spiro atoms. The van der Waals surface area contributed by atoms with E-state index in [1.54, 1.807) is 18.2 Å². The Labute approximate surface area is 174 Å². The third kappa shape index (κ3) is 4.02. The van der Waals surface area contributed by atoms with Crippen molar-refractivity contribution in [3.63, 3.8) is 0 Å². The summed E-state index contributed by atoms with van der Waals surface area (Å²) in [6.07, 6.45) is 0. The first-order valence-corrected chi connectivity index (χ1v) is 10.1. The van der Waals surface area contributed by atoms with Gasteiger partial charge in [0.05, 0.1) is 37.0 Å². The Balaban J connectivity index is 2.13. The van der Waals surface area contributed by atoms with Crippen LogP contribution in [0.15, 0.2) is 41.3 Å². The molecule has 0 atom stereocenters. The molecule has 29 heavy (non-hydrogen) atoms. The molecule has 0 saturated heterocycles. The fraction of sp³-hybridized carbons (Fsp3) is 0.273. The monoisotopic (exact) mass is 413 g/mol. The number of amides is 2. The van der Waals surface area contributed by atoms with E-state index in [-0.39, 0.29) is 6.61 Å². The molecule has 7 heteroatoms. The van der Waals surface area contributed by atoms with Crippen LogP contribution in [0.4, 0.5) is 5.69 Å². The molecule has 152 valence electrons. The zero-order valence-electron chi connectivity index (χ0n) is 16.8. The average molecular weight is 413 g/mol. The highest BCUT2D eigenvalue weighted by molar-refractivity contribution is 8.04. The van der Waals surface area contributed by atoms with E-state index in [1.165, 1.54) is 26.0 Å². The number of hydrogen-bond donors (Lipinski definition) is 1. The molecule has 1 N–H and O–H groups in total. The van der Waals surface area contributed by atoms with Crippen LogP contribution in [0.3, 0.4) is 0 Å². The molecule has 0 bridgehead atoms. The van der Waals surface area contributed by atoms with Crippen molar-refractivity contribution in [3.8, 4) is 11.5 Å². The number of methoxy groups -OCH3 is 2. The largest absolute Gasteiger partial charge is 0.497 e. The third-order valence-electron chi connectivity index (χ3n) is 4.62. The molecule has 3 rings (SSSR count). The quantitative estimate of drug-likeness (QED) is 0.702. The van der Waals surface area contributed by atoms with E-state index in [0.29, 0.717) is 39.0 Å². The lowest BCUT2D eigenvalue weighted by Crippen LogP contribution is -2.31. The molecule has 2 amide bonds. The molecular formula is C22H23NO5S. The number of aliphatic hydroxyl groups excluding tert-OH is 1. The van der Waals surface area contributed by atoms with Crippen LogP contribution in [0.1, 0.15) is 16.7 Å². The standard InChI is InChI=1S/C22H23NO5S/c1-13-5-6-18(14(2)9-13)19-20(29-8-7-24)22(26)23(21(19)25)15-10-16(27-3)12-17(11-15)28-4/h5-6,9-12,24H,7-8H2,1-4H3. The van der Waals surface area contributed by atoms with Crippen molar-refractivity contribution in [2.75, 3.05) is 31.5 Å². The van der Waals surface area contributed by atoms with Crippen molar-refractivity contribution in [2.24, 2.45) is 0 Å². The number of hydrogen-bond acceptors (Lipinski definition) is 6. The summed E-state index contributed by atoms with van der Waals surface area (Å²) in [5, 5.41) is 9.26.